The lowest BCUT2D eigenvalue weighted by Gasteiger charge is -2.37. The van der Waals surface area contributed by atoms with Crippen LogP contribution < -0.4 is 10.2 Å². The van der Waals surface area contributed by atoms with Crippen LogP contribution in [0.1, 0.15) is 24.8 Å². The molecule has 2 aliphatic rings. The molecule has 2 saturated heterocycles. The molecule has 2 unspecified atom stereocenters. The summed E-state index contributed by atoms with van der Waals surface area (Å²) in [5.41, 5.74) is 3.74. The summed E-state index contributed by atoms with van der Waals surface area (Å²) in [5, 5.41) is 3.69. The molecule has 116 valence electrons. The summed E-state index contributed by atoms with van der Waals surface area (Å²) < 4.78 is 11.5. The van der Waals surface area contributed by atoms with Crippen molar-refractivity contribution in [2.24, 2.45) is 0 Å². The summed E-state index contributed by atoms with van der Waals surface area (Å²) in [7, 11) is 4.18. The van der Waals surface area contributed by atoms with E-state index in [0.717, 1.165) is 39.1 Å². The minimum Gasteiger partial charge on any atom is -0.382 e. The molecule has 3 rings (SSSR count). The third kappa shape index (κ3) is 3.16. The second kappa shape index (κ2) is 5.85. The van der Waals surface area contributed by atoms with Crippen LogP contribution in [0.4, 0.5) is 11.4 Å². The maximum Gasteiger partial charge on any atom is 0.0956 e. The van der Waals surface area contributed by atoms with Gasteiger partial charge in [0.15, 0.2) is 0 Å². The predicted octanol–water partition coefficient (Wildman–Crippen LogP) is 2.81. The normalized spacial score (nSPS) is 28.8. The van der Waals surface area contributed by atoms with E-state index in [2.05, 4.69) is 49.4 Å². The molecule has 1 aromatic carbocycles. The molecule has 0 amide bonds. The quantitative estimate of drug-likeness (QED) is 0.928. The average molecular weight is 290 g/mol. The van der Waals surface area contributed by atoms with Crippen molar-refractivity contribution in [2.45, 2.75) is 37.8 Å². The van der Waals surface area contributed by atoms with E-state index in [0.29, 0.717) is 6.04 Å². The zero-order valence-corrected chi connectivity index (χ0v) is 13.3. The Labute approximate surface area is 127 Å². The first-order valence-corrected chi connectivity index (χ1v) is 7.84. The highest BCUT2D eigenvalue weighted by molar-refractivity contribution is 5.62. The van der Waals surface area contributed by atoms with Crippen molar-refractivity contribution in [3.8, 4) is 0 Å². The molecule has 4 heteroatoms. The van der Waals surface area contributed by atoms with Crippen LogP contribution >= 0.6 is 0 Å². The number of anilines is 2. The number of aryl methyl sites for hydroxylation is 1. The molecule has 0 aromatic heterocycles. The minimum atomic E-state index is -0.0367. The zero-order chi connectivity index (χ0) is 14.9. The Balaban J connectivity index is 1.70. The molecule has 21 heavy (non-hydrogen) atoms. The first kappa shape index (κ1) is 14.7. The van der Waals surface area contributed by atoms with Gasteiger partial charge in [0.1, 0.15) is 0 Å². The van der Waals surface area contributed by atoms with Crippen molar-refractivity contribution in [1.82, 2.24) is 0 Å². The molecule has 0 saturated carbocycles. The molecule has 2 heterocycles. The second-order valence-electron chi connectivity index (χ2n) is 6.56. The van der Waals surface area contributed by atoms with Gasteiger partial charge in [0, 0.05) is 51.1 Å². The van der Waals surface area contributed by atoms with Crippen LogP contribution in [0, 0.1) is 6.92 Å². The van der Waals surface area contributed by atoms with E-state index < -0.39 is 0 Å². The number of hydrogen-bond donors (Lipinski definition) is 1. The van der Waals surface area contributed by atoms with Crippen molar-refractivity contribution in [2.75, 3.05) is 44.1 Å². The molecular weight excluding hydrogens is 264 g/mol. The molecule has 0 bridgehead atoms. The molecule has 2 aliphatic heterocycles. The molecular formula is C17H26N2O2. The zero-order valence-electron chi connectivity index (χ0n) is 13.3. The number of benzene rings is 1. The van der Waals surface area contributed by atoms with Gasteiger partial charge in [0.05, 0.1) is 12.2 Å². The van der Waals surface area contributed by atoms with Gasteiger partial charge in [-0.15, -0.1) is 0 Å². The lowest BCUT2D eigenvalue weighted by molar-refractivity contribution is -0.0828. The fourth-order valence-corrected chi connectivity index (χ4v) is 3.43. The highest BCUT2D eigenvalue weighted by Gasteiger charge is 2.40. The summed E-state index contributed by atoms with van der Waals surface area (Å²) in [6, 6.07) is 7.07. The fourth-order valence-electron chi connectivity index (χ4n) is 3.43. The first-order chi connectivity index (χ1) is 10.1. The summed E-state index contributed by atoms with van der Waals surface area (Å²) in [4.78, 5) is 2.16. The smallest absolute Gasteiger partial charge is 0.0956 e. The van der Waals surface area contributed by atoms with Crippen molar-refractivity contribution < 1.29 is 9.47 Å². The van der Waals surface area contributed by atoms with E-state index >= 15 is 0 Å². The number of nitrogens with zero attached hydrogens (tertiary/aromatic N) is 1. The van der Waals surface area contributed by atoms with Crippen molar-refractivity contribution >= 4 is 11.4 Å². The summed E-state index contributed by atoms with van der Waals surface area (Å²) >= 11 is 0. The van der Waals surface area contributed by atoms with E-state index in [-0.39, 0.29) is 5.60 Å². The van der Waals surface area contributed by atoms with Gasteiger partial charge in [-0.1, -0.05) is 6.07 Å². The second-order valence-corrected chi connectivity index (χ2v) is 6.56. The largest absolute Gasteiger partial charge is 0.382 e. The molecule has 1 aromatic rings. The Bertz CT molecular complexity index is 496. The van der Waals surface area contributed by atoms with Crippen molar-refractivity contribution in [3.63, 3.8) is 0 Å². The number of nitrogens with one attached hydrogen (secondary N) is 1. The van der Waals surface area contributed by atoms with Gasteiger partial charge in [-0.2, -0.15) is 0 Å². The van der Waals surface area contributed by atoms with E-state index in [1.807, 2.05) is 0 Å². The molecule has 1 N–H and O–H groups in total. The van der Waals surface area contributed by atoms with E-state index in [4.69, 9.17) is 9.47 Å². The third-order valence-corrected chi connectivity index (χ3v) is 4.62. The van der Waals surface area contributed by atoms with Gasteiger partial charge >= 0.3 is 0 Å². The van der Waals surface area contributed by atoms with Crippen molar-refractivity contribution in [3.05, 3.63) is 23.8 Å². The van der Waals surface area contributed by atoms with Crippen LogP contribution in [-0.4, -0.2) is 45.6 Å². The van der Waals surface area contributed by atoms with Gasteiger partial charge < -0.3 is 19.7 Å². The van der Waals surface area contributed by atoms with E-state index in [9.17, 15) is 0 Å². The van der Waals surface area contributed by atoms with Crippen LogP contribution in [0.15, 0.2) is 18.2 Å². The summed E-state index contributed by atoms with van der Waals surface area (Å²) in [6.45, 7) is 4.57. The van der Waals surface area contributed by atoms with Crippen LogP contribution in [0.2, 0.25) is 0 Å². The minimum absolute atomic E-state index is 0.0367. The lowest BCUT2D eigenvalue weighted by atomic mass is 9.89. The number of rotatable bonds is 3. The Morgan fingerprint density at radius 2 is 2.14 bits per heavy atom. The Kier molecular flexibility index (Phi) is 4.09. The first-order valence-electron chi connectivity index (χ1n) is 7.84. The molecule has 0 radical (unpaired) electrons. The van der Waals surface area contributed by atoms with Gasteiger partial charge in [-0.05, 0) is 37.5 Å². The van der Waals surface area contributed by atoms with Gasteiger partial charge in [0.2, 0.25) is 0 Å². The molecule has 2 fully saturated rings. The Morgan fingerprint density at radius 3 is 2.86 bits per heavy atom. The Morgan fingerprint density at radius 1 is 1.29 bits per heavy atom. The molecule has 1 spiro atoms. The van der Waals surface area contributed by atoms with Crippen LogP contribution in [0.3, 0.4) is 0 Å². The topological polar surface area (TPSA) is 33.7 Å². The van der Waals surface area contributed by atoms with Crippen LogP contribution in [0.25, 0.3) is 0 Å². The van der Waals surface area contributed by atoms with Gasteiger partial charge in [0.25, 0.3) is 0 Å². The van der Waals surface area contributed by atoms with Crippen LogP contribution in [-0.2, 0) is 9.47 Å². The Hall–Kier alpha value is -1.26. The van der Waals surface area contributed by atoms with Gasteiger partial charge in [-0.3, -0.25) is 0 Å². The average Bonchev–Trinajstić information content (AvgIpc) is 2.88. The number of hydrogen-bond acceptors (Lipinski definition) is 4. The number of ether oxygens (including phenoxy) is 2. The molecule has 2 atom stereocenters. The molecule has 4 nitrogen and oxygen atoms in total. The summed E-state index contributed by atoms with van der Waals surface area (Å²) in [5.74, 6) is 0. The fraction of sp³-hybridized carbons (Fsp3) is 0.647. The molecule has 0 aliphatic carbocycles. The lowest BCUT2D eigenvalue weighted by Crippen LogP contribution is -2.44. The third-order valence-electron chi connectivity index (χ3n) is 4.62. The van der Waals surface area contributed by atoms with E-state index in [1.54, 1.807) is 0 Å². The van der Waals surface area contributed by atoms with Crippen LogP contribution in [0.5, 0.6) is 0 Å². The van der Waals surface area contributed by atoms with Crippen molar-refractivity contribution in [1.29, 1.82) is 0 Å². The standard InChI is InChI=1S/C17H26N2O2/c1-13-4-5-14(10-16(13)19(2)3)18-15-6-8-21-17(11-15)7-9-20-12-17/h4-5,10,15,18H,6-9,11-12H2,1-3H3. The highest BCUT2D eigenvalue weighted by Crippen LogP contribution is 2.34. The monoisotopic (exact) mass is 290 g/mol. The summed E-state index contributed by atoms with van der Waals surface area (Å²) in [6.07, 6.45) is 3.13. The van der Waals surface area contributed by atoms with Gasteiger partial charge in [-0.25, -0.2) is 0 Å². The maximum atomic E-state index is 6.00. The SMILES string of the molecule is Cc1ccc(NC2CCOC3(CCOC3)C2)cc1N(C)C. The predicted molar refractivity (Wildman–Crippen MR) is 86.3 cm³/mol. The highest BCUT2D eigenvalue weighted by atomic mass is 16.6. The van der Waals surface area contributed by atoms with E-state index in [1.165, 1.54) is 16.9 Å². The maximum absolute atomic E-state index is 6.00.